The molecule has 0 spiro atoms. The molecule has 72 valence electrons. The fraction of sp³-hybridized carbons (Fsp3) is 0.375. The largest absolute Gasteiger partial charge is 0.480 e. The summed E-state index contributed by atoms with van der Waals surface area (Å²) in [5.74, 6) is -0.756. The minimum Gasteiger partial charge on any atom is -0.480 e. The summed E-state index contributed by atoms with van der Waals surface area (Å²) in [7, 11) is 0. The van der Waals surface area contributed by atoms with Gasteiger partial charge in [-0.05, 0) is 17.0 Å². The Balaban J connectivity index is 0.000000845. The third-order valence-corrected chi connectivity index (χ3v) is 3.05. The molecule has 0 amide bonds. The summed E-state index contributed by atoms with van der Waals surface area (Å²) < 4.78 is 0. The van der Waals surface area contributed by atoms with Gasteiger partial charge in [-0.3, -0.25) is 10.1 Å². The van der Waals surface area contributed by atoms with E-state index in [1.165, 1.54) is 10.4 Å². The van der Waals surface area contributed by atoms with Crippen LogP contribution < -0.4 is 5.32 Å². The fourth-order valence-electron chi connectivity index (χ4n) is 1.37. The van der Waals surface area contributed by atoms with Gasteiger partial charge in [0.1, 0.15) is 6.04 Å². The molecule has 0 saturated heterocycles. The molecular weight excluding hydrogens is 210 g/mol. The first-order chi connectivity index (χ1) is 5.77. The van der Waals surface area contributed by atoms with Crippen molar-refractivity contribution in [3.05, 3.63) is 21.9 Å². The maximum absolute atomic E-state index is 10.6. The molecule has 2 rings (SSSR count). The summed E-state index contributed by atoms with van der Waals surface area (Å²) in [5, 5.41) is 13.7. The highest BCUT2D eigenvalue weighted by atomic mass is 35.5. The normalized spacial score (nSPS) is 20.2. The van der Waals surface area contributed by atoms with Crippen molar-refractivity contribution < 1.29 is 9.90 Å². The van der Waals surface area contributed by atoms with Crippen molar-refractivity contribution in [3.63, 3.8) is 0 Å². The first-order valence-corrected chi connectivity index (χ1v) is 4.67. The molecule has 0 fully saturated rings. The number of hydrogen-bond donors (Lipinski definition) is 2. The lowest BCUT2D eigenvalue weighted by atomic mass is 10.1. The van der Waals surface area contributed by atoms with Crippen molar-refractivity contribution in [3.8, 4) is 0 Å². The summed E-state index contributed by atoms with van der Waals surface area (Å²) in [5.41, 5.74) is 1.25. The second-order valence-corrected chi connectivity index (χ2v) is 3.85. The van der Waals surface area contributed by atoms with Crippen LogP contribution in [0.4, 0.5) is 0 Å². The standard InChI is InChI=1S/C8H9NO2S.ClH/c10-8(11)6-3-7-5(4-9-6)1-2-12-7;/h1-2,6,9H,3-4H2,(H,10,11);1H/t6-;/m0./s1. The van der Waals surface area contributed by atoms with Crippen LogP contribution in [-0.2, 0) is 17.8 Å². The zero-order valence-corrected chi connectivity index (χ0v) is 8.45. The lowest BCUT2D eigenvalue weighted by Gasteiger charge is -2.19. The van der Waals surface area contributed by atoms with Crippen molar-refractivity contribution in [2.45, 2.75) is 19.0 Å². The van der Waals surface area contributed by atoms with E-state index in [-0.39, 0.29) is 12.4 Å². The summed E-state index contributed by atoms with van der Waals surface area (Å²) in [6.07, 6.45) is 0.627. The number of halogens is 1. The van der Waals surface area contributed by atoms with Crippen LogP contribution in [0.5, 0.6) is 0 Å². The van der Waals surface area contributed by atoms with Crippen LogP contribution in [0.25, 0.3) is 0 Å². The van der Waals surface area contributed by atoms with Crippen molar-refractivity contribution in [2.24, 2.45) is 0 Å². The maximum Gasteiger partial charge on any atom is 0.321 e. The third-order valence-electron chi connectivity index (χ3n) is 2.06. The van der Waals surface area contributed by atoms with Crippen LogP contribution >= 0.6 is 23.7 Å². The van der Waals surface area contributed by atoms with Crippen LogP contribution in [0.2, 0.25) is 0 Å². The molecule has 5 heteroatoms. The lowest BCUT2D eigenvalue weighted by Crippen LogP contribution is -2.40. The number of hydrogen-bond acceptors (Lipinski definition) is 3. The minimum atomic E-state index is -0.756. The van der Waals surface area contributed by atoms with Crippen molar-refractivity contribution >= 4 is 29.7 Å². The molecule has 1 aliphatic rings. The van der Waals surface area contributed by atoms with Gasteiger partial charge in [0.05, 0.1) is 0 Å². The Labute approximate surface area is 86.2 Å². The lowest BCUT2D eigenvalue weighted by molar-refractivity contribution is -0.139. The molecule has 2 N–H and O–H groups in total. The quantitative estimate of drug-likeness (QED) is 0.748. The van der Waals surface area contributed by atoms with Gasteiger partial charge in [0.15, 0.2) is 0 Å². The topological polar surface area (TPSA) is 49.3 Å². The van der Waals surface area contributed by atoms with E-state index in [0.29, 0.717) is 13.0 Å². The monoisotopic (exact) mass is 219 g/mol. The summed E-state index contributed by atoms with van der Waals surface area (Å²) in [4.78, 5) is 11.8. The molecule has 0 radical (unpaired) electrons. The zero-order valence-electron chi connectivity index (χ0n) is 6.82. The van der Waals surface area contributed by atoms with Crippen molar-refractivity contribution in [1.82, 2.24) is 5.32 Å². The molecule has 0 bridgehead atoms. The van der Waals surface area contributed by atoms with Gasteiger partial charge in [-0.15, -0.1) is 23.7 Å². The Morgan fingerprint density at radius 1 is 1.69 bits per heavy atom. The average molecular weight is 220 g/mol. The van der Waals surface area contributed by atoms with E-state index < -0.39 is 12.0 Å². The molecular formula is C8H10ClNO2S. The summed E-state index contributed by atoms with van der Waals surface area (Å²) >= 11 is 1.64. The van der Waals surface area contributed by atoms with Crippen LogP contribution in [0.1, 0.15) is 10.4 Å². The molecule has 13 heavy (non-hydrogen) atoms. The van der Waals surface area contributed by atoms with Gasteiger partial charge in [-0.2, -0.15) is 0 Å². The van der Waals surface area contributed by atoms with E-state index in [9.17, 15) is 4.79 Å². The van der Waals surface area contributed by atoms with Crippen LogP contribution in [0.15, 0.2) is 11.4 Å². The summed E-state index contributed by atoms with van der Waals surface area (Å²) in [6.45, 7) is 0.690. The first kappa shape index (κ1) is 10.5. The number of carboxylic acids is 1. The van der Waals surface area contributed by atoms with E-state index in [1.807, 2.05) is 11.4 Å². The predicted molar refractivity (Wildman–Crippen MR) is 53.5 cm³/mol. The zero-order chi connectivity index (χ0) is 8.55. The van der Waals surface area contributed by atoms with Gasteiger partial charge in [0.2, 0.25) is 0 Å². The Bertz CT molecular complexity index is 313. The molecule has 0 unspecified atom stereocenters. The number of carbonyl (C=O) groups is 1. The average Bonchev–Trinajstić information content (AvgIpc) is 2.49. The Kier molecular flexibility index (Phi) is 3.30. The number of carboxylic acid groups (broad SMARTS) is 1. The van der Waals surface area contributed by atoms with Gasteiger partial charge in [-0.1, -0.05) is 0 Å². The Morgan fingerprint density at radius 3 is 3.15 bits per heavy atom. The second-order valence-electron chi connectivity index (χ2n) is 2.84. The molecule has 1 aliphatic heterocycles. The number of rotatable bonds is 1. The first-order valence-electron chi connectivity index (χ1n) is 3.79. The molecule has 2 heterocycles. The minimum absolute atomic E-state index is 0. The molecule has 3 nitrogen and oxygen atoms in total. The number of aliphatic carboxylic acids is 1. The van der Waals surface area contributed by atoms with Gasteiger partial charge >= 0.3 is 5.97 Å². The van der Waals surface area contributed by atoms with Crippen LogP contribution in [-0.4, -0.2) is 17.1 Å². The van der Waals surface area contributed by atoms with Gasteiger partial charge < -0.3 is 5.11 Å². The highest BCUT2D eigenvalue weighted by molar-refractivity contribution is 7.10. The molecule has 1 aromatic heterocycles. The van der Waals surface area contributed by atoms with Crippen molar-refractivity contribution in [1.29, 1.82) is 0 Å². The molecule has 1 atom stereocenters. The summed E-state index contributed by atoms with van der Waals surface area (Å²) in [6, 6.07) is 1.65. The van der Waals surface area contributed by atoms with Crippen molar-refractivity contribution in [2.75, 3.05) is 0 Å². The molecule has 0 saturated carbocycles. The van der Waals surface area contributed by atoms with Gasteiger partial charge in [0, 0.05) is 17.8 Å². The van der Waals surface area contributed by atoms with E-state index >= 15 is 0 Å². The van der Waals surface area contributed by atoms with E-state index in [0.717, 1.165) is 0 Å². The van der Waals surface area contributed by atoms with E-state index in [4.69, 9.17) is 5.11 Å². The predicted octanol–water partition coefficient (Wildman–Crippen LogP) is 1.27. The third kappa shape index (κ3) is 2.02. The second kappa shape index (κ2) is 4.09. The number of nitrogens with one attached hydrogen (secondary N) is 1. The Morgan fingerprint density at radius 2 is 2.46 bits per heavy atom. The maximum atomic E-state index is 10.6. The highest BCUT2D eigenvalue weighted by Gasteiger charge is 2.23. The van der Waals surface area contributed by atoms with E-state index in [2.05, 4.69) is 5.32 Å². The molecule has 0 aromatic carbocycles. The van der Waals surface area contributed by atoms with Gasteiger partial charge in [-0.25, -0.2) is 0 Å². The van der Waals surface area contributed by atoms with Gasteiger partial charge in [0.25, 0.3) is 0 Å². The van der Waals surface area contributed by atoms with Crippen LogP contribution in [0.3, 0.4) is 0 Å². The smallest absolute Gasteiger partial charge is 0.321 e. The van der Waals surface area contributed by atoms with Crippen LogP contribution in [0, 0.1) is 0 Å². The Hall–Kier alpha value is -0.580. The molecule has 0 aliphatic carbocycles. The SMILES string of the molecule is Cl.O=C(O)[C@@H]1Cc2sccc2CN1. The number of fused-ring (bicyclic) bond motifs is 1. The van der Waals surface area contributed by atoms with E-state index in [1.54, 1.807) is 11.3 Å². The molecule has 1 aromatic rings. The fourth-order valence-corrected chi connectivity index (χ4v) is 2.32. The number of thiophene rings is 1. The highest BCUT2D eigenvalue weighted by Crippen LogP contribution is 2.22.